The second kappa shape index (κ2) is 14.5. The van der Waals surface area contributed by atoms with E-state index in [1.807, 2.05) is 42.5 Å². The van der Waals surface area contributed by atoms with Gasteiger partial charge in [0.25, 0.3) is 5.91 Å². The predicted octanol–water partition coefficient (Wildman–Crippen LogP) is 3.60. The number of allylic oxidation sites excluding steroid dienone is 1. The lowest BCUT2D eigenvalue weighted by Gasteiger charge is -2.15. The molecular weight excluding hydrogens is 492 g/mol. The van der Waals surface area contributed by atoms with Gasteiger partial charge in [-0.2, -0.15) is 0 Å². The number of nitrogens with zero attached hydrogens (tertiary/aromatic N) is 1. The van der Waals surface area contributed by atoms with E-state index in [1.165, 1.54) is 11.8 Å². The molecule has 0 fully saturated rings. The van der Waals surface area contributed by atoms with Crippen LogP contribution >= 0.6 is 11.8 Å². The number of nitrogens with one attached hydrogen (secondary N) is 3. The van der Waals surface area contributed by atoms with Gasteiger partial charge in [0, 0.05) is 34.3 Å². The van der Waals surface area contributed by atoms with Crippen LogP contribution < -0.4 is 10.6 Å². The largest absolute Gasteiger partial charge is 0.443 e. The Hall–Kier alpha value is -3.99. The van der Waals surface area contributed by atoms with Crippen molar-refractivity contribution in [2.75, 3.05) is 38.9 Å². The molecule has 37 heavy (non-hydrogen) atoms. The number of aliphatic hydroxyl groups is 1. The minimum atomic E-state index is -0.586. The van der Waals surface area contributed by atoms with Crippen molar-refractivity contribution in [2.24, 2.45) is 0 Å². The van der Waals surface area contributed by atoms with Crippen molar-refractivity contribution in [1.82, 2.24) is 10.3 Å². The van der Waals surface area contributed by atoms with Crippen LogP contribution in [0.1, 0.15) is 21.6 Å². The number of carbonyl (C=O) groups is 2. The van der Waals surface area contributed by atoms with Gasteiger partial charge in [0.1, 0.15) is 6.61 Å². The summed E-state index contributed by atoms with van der Waals surface area (Å²) in [5, 5.41) is 23.1. The zero-order chi connectivity index (χ0) is 26.5. The van der Waals surface area contributed by atoms with Crippen LogP contribution in [0.25, 0.3) is 6.08 Å². The van der Waals surface area contributed by atoms with Crippen LogP contribution in [0, 0.1) is 5.41 Å². The zero-order valence-corrected chi connectivity index (χ0v) is 21.1. The Morgan fingerprint density at radius 3 is 2.68 bits per heavy atom. The summed E-state index contributed by atoms with van der Waals surface area (Å²) in [5.74, 6) is -0.771. The van der Waals surface area contributed by atoms with Crippen LogP contribution in [0.4, 0.5) is 5.69 Å². The molecule has 3 rings (SSSR count). The molecule has 4 N–H and O–H groups in total. The highest BCUT2D eigenvalue weighted by molar-refractivity contribution is 7.99. The molecule has 0 spiro atoms. The van der Waals surface area contributed by atoms with E-state index in [0.29, 0.717) is 16.8 Å². The Morgan fingerprint density at radius 2 is 1.92 bits per heavy atom. The van der Waals surface area contributed by atoms with Gasteiger partial charge >= 0.3 is 5.97 Å². The summed E-state index contributed by atoms with van der Waals surface area (Å²) >= 11 is 1.41. The van der Waals surface area contributed by atoms with Gasteiger partial charge in [0.05, 0.1) is 30.2 Å². The molecule has 10 heteroatoms. The summed E-state index contributed by atoms with van der Waals surface area (Å²) in [6.45, 7) is -0.557. The molecule has 192 valence electrons. The number of aromatic nitrogens is 1. The number of esters is 1. The standard InChI is InChI=1S/C27H28N4O5S/c1-29-27(34)22-7-2-3-8-25(22)37-20-10-11-21(23(28)12-9-19-6-4-5-13-30-19)24(16-20)31-18-36-26(33)17-35-15-14-32/h2-13,16,28,31-32H,14-15,17-18H2,1H3,(H,29,34)/b12-9+,28-23?. The van der Waals surface area contributed by atoms with Crippen LogP contribution in [0.5, 0.6) is 0 Å². The number of carbonyl (C=O) groups excluding carboxylic acids is 2. The average molecular weight is 521 g/mol. The van der Waals surface area contributed by atoms with E-state index in [9.17, 15) is 9.59 Å². The fourth-order valence-corrected chi connectivity index (χ4v) is 4.15. The SMILES string of the molecule is CNC(=O)c1ccccc1Sc1ccc(C(=N)/C=C/c2ccccn2)c(NCOC(=O)COCCO)c1. The third-order valence-corrected chi connectivity index (χ3v) is 5.99. The second-order valence-electron chi connectivity index (χ2n) is 7.50. The first-order valence-electron chi connectivity index (χ1n) is 11.4. The molecular formula is C27H28N4O5S. The smallest absolute Gasteiger partial charge is 0.333 e. The fraction of sp³-hybridized carbons (Fsp3) is 0.185. The number of amides is 1. The molecule has 0 aliphatic heterocycles. The van der Waals surface area contributed by atoms with Crippen molar-refractivity contribution < 1.29 is 24.2 Å². The summed E-state index contributed by atoms with van der Waals surface area (Å²) in [6, 6.07) is 18.3. The molecule has 0 unspecified atom stereocenters. The van der Waals surface area contributed by atoms with E-state index < -0.39 is 5.97 Å². The molecule has 2 aromatic carbocycles. The van der Waals surface area contributed by atoms with Gasteiger partial charge in [0.2, 0.25) is 0 Å². The third-order valence-electron chi connectivity index (χ3n) is 4.93. The summed E-state index contributed by atoms with van der Waals surface area (Å²) in [7, 11) is 1.58. The fourth-order valence-electron chi connectivity index (χ4n) is 3.16. The number of anilines is 1. The lowest BCUT2D eigenvalue weighted by Crippen LogP contribution is -2.19. The monoisotopic (exact) mass is 520 g/mol. The minimum Gasteiger partial charge on any atom is -0.443 e. The number of aliphatic hydroxyl groups excluding tert-OH is 1. The highest BCUT2D eigenvalue weighted by Gasteiger charge is 2.13. The molecule has 1 aromatic heterocycles. The van der Waals surface area contributed by atoms with Crippen LogP contribution in [0.3, 0.4) is 0 Å². The molecule has 1 heterocycles. The Kier molecular flexibility index (Phi) is 10.8. The van der Waals surface area contributed by atoms with Crippen molar-refractivity contribution in [3.8, 4) is 0 Å². The zero-order valence-electron chi connectivity index (χ0n) is 20.3. The number of hydrogen-bond donors (Lipinski definition) is 4. The van der Waals surface area contributed by atoms with Gasteiger partial charge in [0.15, 0.2) is 6.73 Å². The molecule has 9 nitrogen and oxygen atoms in total. The van der Waals surface area contributed by atoms with Crippen LogP contribution in [-0.4, -0.2) is 61.3 Å². The molecule has 1 amide bonds. The molecule has 0 saturated heterocycles. The first kappa shape index (κ1) is 27.6. The highest BCUT2D eigenvalue weighted by Crippen LogP contribution is 2.33. The average Bonchev–Trinajstić information content (AvgIpc) is 2.92. The summed E-state index contributed by atoms with van der Waals surface area (Å²) in [5.41, 5.74) is 2.66. The van der Waals surface area contributed by atoms with E-state index in [2.05, 4.69) is 15.6 Å². The molecule has 0 radical (unpaired) electrons. The Morgan fingerprint density at radius 1 is 1.11 bits per heavy atom. The number of hydrogen-bond acceptors (Lipinski definition) is 9. The highest BCUT2D eigenvalue weighted by atomic mass is 32.2. The van der Waals surface area contributed by atoms with Gasteiger partial charge in [-0.1, -0.05) is 30.0 Å². The maximum Gasteiger partial charge on any atom is 0.333 e. The van der Waals surface area contributed by atoms with E-state index >= 15 is 0 Å². The maximum atomic E-state index is 12.3. The van der Waals surface area contributed by atoms with Crippen LogP contribution in [0.15, 0.2) is 82.7 Å². The molecule has 3 aromatic rings. The topological polar surface area (TPSA) is 134 Å². The predicted molar refractivity (Wildman–Crippen MR) is 143 cm³/mol. The lowest BCUT2D eigenvalue weighted by atomic mass is 10.1. The summed E-state index contributed by atoms with van der Waals surface area (Å²) < 4.78 is 10.1. The second-order valence-corrected chi connectivity index (χ2v) is 8.62. The van der Waals surface area contributed by atoms with Gasteiger partial charge in [-0.15, -0.1) is 0 Å². The molecule has 0 atom stereocenters. The van der Waals surface area contributed by atoms with E-state index in [4.69, 9.17) is 20.0 Å². The number of rotatable bonds is 13. The van der Waals surface area contributed by atoms with Gasteiger partial charge in [-0.05, 0) is 54.6 Å². The lowest BCUT2D eigenvalue weighted by molar-refractivity contribution is -0.148. The van der Waals surface area contributed by atoms with Gasteiger partial charge < -0.3 is 30.6 Å². The summed E-state index contributed by atoms with van der Waals surface area (Å²) in [4.78, 5) is 30.0. The summed E-state index contributed by atoms with van der Waals surface area (Å²) in [6.07, 6.45) is 5.07. The quantitative estimate of drug-likeness (QED) is 0.116. The van der Waals surface area contributed by atoms with Crippen molar-refractivity contribution in [1.29, 1.82) is 5.41 Å². The van der Waals surface area contributed by atoms with E-state index in [0.717, 1.165) is 15.5 Å². The number of benzene rings is 2. The van der Waals surface area contributed by atoms with Crippen molar-refractivity contribution in [3.63, 3.8) is 0 Å². The minimum absolute atomic E-state index is 0.0449. The number of pyridine rings is 1. The molecule has 0 saturated carbocycles. The van der Waals surface area contributed by atoms with Crippen molar-refractivity contribution in [3.05, 3.63) is 89.8 Å². The van der Waals surface area contributed by atoms with Crippen LogP contribution in [-0.2, 0) is 14.3 Å². The Labute approximate surface area is 219 Å². The van der Waals surface area contributed by atoms with Crippen LogP contribution in [0.2, 0.25) is 0 Å². The van der Waals surface area contributed by atoms with Crippen molar-refractivity contribution in [2.45, 2.75) is 9.79 Å². The van der Waals surface area contributed by atoms with Crippen molar-refractivity contribution >= 4 is 41.1 Å². The van der Waals surface area contributed by atoms with E-state index in [-0.39, 0.29) is 38.2 Å². The first-order valence-corrected chi connectivity index (χ1v) is 12.2. The normalized spacial score (nSPS) is 10.8. The Balaban J connectivity index is 1.81. The van der Waals surface area contributed by atoms with Gasteiger partial charge in [-0.25, -0.2) is 4.79 Å². The molecule has 0 bridgehead atoms. The molecule has 0 aliphatic rings. The first-order chi connectivity index (χ1) is 18.0. The molecule has 0 aliphatic carbocycles. The third kappa shape index (κ3) is 8.57. The number of ether oxygens (including phenoxy) is 2. The Bertz CT molecular complexity index is 1250. The van der Waals surface area contributed by atoms with E-state index in [1.54, 1.807) is 43.6 Å². The van der Waals surface area contributed by atoms with Gasteiger partial charge in [-0.3, -0.25) is 9.78 Å². The maximum absolute atomic E-state index is 12.3.